The number of halogens is 1. The van der Waals surface area contributed by atoms with Crippen LogP contribution < -0.4 is 5.32 Å². The summed E-state index contributed by atoms with van der Waals surface area (Å²) in [6.07, 6.45) is 0.162. The average Bonchev–Trinajstić information content (AvgIpc) is 2.72. The van der Waals surface area contributed by atoms with E-state index in [0.717, 1.165) is 13.1 Å². The van der Waals surface area contributed by atoms with Gasteiger partial charge in [0.25, 0.3) is 0 Å². The van der Waals surface area contributed by atoms with Crippen molar-refractivity contribution in [2.45, 2.75) is 39.2 Å². The molecule has 0 spiro atoms. The summed E-state index contributed by atoms with van der Waals surface area (Å²) in [7, 11) is 0. The van der Waals surface area contributed by atoms with E-state index < -0.39 is 5.79 Å². The van der Waals surface area contributed by atoms with Crippen molar-refractivity contribution in [2.24, 2.45) is 0 Å². The third-order valence-electron chi connectivity index (χ3n) is 2.65. The fourth-order valence-electron chi connectivity index (χ4n) is 1.82. The quantitative estimate of drug-likeness (QED) is 0.925. The first-order valence-electron chi connectivity index (χ1n) is 5.73. The molecule has 0 aromatic carbocycles. The van der Waals surface area contributed by atoms with Crippen LogP contribution in [0.5, 0.6) is 0 Å². The molecule has 1 unspecified atom stereocenters. The van der Waals surface area contributed by atoms with E-state index in [2.05, 4.69) is 34.2 Å². The zero-order chi connectivity index (χ0) is 12.5. The first-order chi connectivity index (χ1) is 7.96. The molecule has 1 aromatic rings. The second-order valence-corrected chi connectivity index (χ2v) is 6.89. The number of ether oxygens (including phenoxy) is 2. The predicted molar refractivity (Wildman–Crippen MR) is 73.4 cm³/mol. The van der Waals surface area contributed by atoms with Crippen molar-refractivity contribution in [3.8, 4) is 0 Å². The molecular weight excluding hydrogens is 302 g/mol. The van der Waals surface area contributed by atoms with Crippen LogP contribution in [0.3, 0.4) is 0 Å². The van der Waals surface area contributed by atoms with Crippen molar-refractivity contribution in [3.05, 3.63) is 20.3 Å². The first-order valence-corrected chi connectivity index (χ1v) is 7.34. The van der Waals surface area contributed by atoms with Crippen LogP contribution in [0.15, 0.2) is 10.5 Å². The van der Waals surface area contributed by atoms with E-state index in [1.165, 1.54) is 14.2 Å². The highest BCUT2D eigenvalue weighted by Gasteiger charge is 2.32. The lowest BCUT2D eigenvalue weighted by molar-refractivity contribution is -0.137. The van der Waals surface area contributed by atoms with Crippen LogP contribution in [-0.4, -0.2) is 25.0 Å². The van der Waals surface area contributed by atoms with E-state index >= 15 is 0 Å². The average molecular weight is 320 g/mol. The largest absolute Gasteiger partial charge is 0.348 e. The normalized spacial score (nSPS) is 23.2. The maximum atomic E-state index is 5.73. The van der Waals surface area contributed by atoms with Crippen LogP contribution in [0.1, 0.15) is 23.6 Å². The second kappa shape index (κ2) is 5.36. The minimum Gasteiger partial charge on any atom is -0.348 e. The molecule has 1 fully saturated rings. The number of hydrogen-bond acceptors (Lipinski definition) is 4. The summed E-state index contributed by atoms with van der Waals surface area (Å²) in [5.74, 6) is -0.422. The van der Waals surface area contributed by atoms with Crippen LogP contribution in [0.2, 0.25) is 0 Å². The van der Waals surface area contributed by atoms with E-state index in [4.69, 9.17) is 9.47 Å². The van der Waals surface area contributed by atoms with Crippen LogP contribution in [-0.2, 0) is 16.0 Å². The van der Waals surface area contributed by atoms with Crippen molar-refractivity contribution >= 4 is 27.3 Å². The lowest BCUT2D eigenvalue weighted by atomic mass is 10.3. The molecule has 0 bridgehead atoms. The number of hydrogen-bond donors (Lipinski definition) is 1. The van der Waals surface area contributed by atoms with E-state index in [1.807, 2.05) is 25.2 Å². The Hall–Kier alpha value is 0.0600. The molecule has 0 saturated carbocycles. The first kappa shape index (κ1) is 13.5. The van der Waals surface area contributed by atoms with Gasteiger partial charge in [0, 0.05) is 27.3 Å². The molecule has 5 heteroatoms. The van der Waals surface area contributed by atoms with Gasteiger partial charge in [-0.15, -0.1) is 11.3 Å². The maximum absolute atomic E-state index is 5.73. The van der Waals surface area contributed by atoms with Crippen LogP contribution in [0, 0.1) is 6.92 Å². The lowest BCUT2D eigenvalue weighted by Gasteiger charge is -2.17. The molecule has 0 aliphatic carbocycles. The van der Waals surface area contributed by atoms with Gasteiger partial charge in [0.2, 0.25) is 0 Å². The molecule has 2 heterocycles. The highest BCUT2D eigenvalue weighted by Crippen LogP contribution is 2.26. The third kappa shape index (κ3) is 3.76. The van der Waals surface area contributed by atoms with Crippen LogP contribution in [0.25, 0.3) is 0 Å². The van der Waals surface area contributed by atoms with E-state index in [9.17, 15) is 0 Å². The molecule has 1 atom stereocenters. The van der Waals surface area contributed by atoms with Gasteiger partial charge in [0.05, 0.1) is 12.7 Å². The summed E-state index contributed by atoms with van der Waals surface area (Å²) >= 11 is 5.34. The van der Waals surface area contributed by atoms with Gasteiger partial charge in [-0.1, -0.05) is 0 Å². The molecule has 1 N–H and O–H groups in total. The van der Waals surface area contributed by atoms with Gasteiger partial charge in [-0.3, -0.25) is 0 Å². The number of thiophene rings is 1. The smallest absolute Gasteiger partial charge is 0.163 e. The summed E-state index contributed by atoms with van der Waals surface area (Å²) < 4.78 is 12.4. The molecule has 1 aliphatic heterocycles. The molecule has 1 aliphatic rings. The Kier molecular flexibility index (Phi) is 4.26. The summed E-state index contributed by atoms with van der Waals surface area (Å²) in [5.41, 5.74) is 0. The lowest BCUT2D eigenvalue weighted by Crippen LogP contribution is -2.30. The zero-order valence-corrected chi connectivity index (χ0v) is 12.8. The van der Waals surface area contributed by atoms with E-state index in [-0.39, 0.29) is 6.10 Å². The van der Waals surface area contributed by atoms with E-state index in [1.54, 1.807) is 0 Å². The molecule has 1 saturated heterocycles. The fraction of sp³-hybridized carbons (Fsp3) is 0.667. The van der Waals surface area contributed by atoms with Gasteiger partial charge in [0.1, 0.15) is 0 Å². The summed E-state index contributed by atoms with van der Waals surface area (Å²) in [4.78, 5) is 2.66. The Bertz CT molecular complexity index is 372. The van der Waals surface area contributed by atoms with Gasteiger partial charge < -0.3 is 14.8 Å². The summed E-state index contributed by atoms with van der Waals surface area (Å²) in [6.45, 7) is 8.41. The number of aryl methyl sites for hydroxylation is 1. The highest BCUT2D eigenvalue weighted by atomic mass is 79.9. The predicted octanol–water partition coefficient (Wildman–Crippen LogP) is 3.06. The Labute approximate surface area is 115 Å². The highest BCUT2D eigenvalue weighted by molar-refractivity contribution is 9.10. The third-order valence-corrected chi connectivity index (χ3v) is 4.78. The maximum Gasteiger partial charge on any atom is 0.163 e. The SMILES string of the molecule is Cc1sc(CNCC2COC(C)(C)O2)cc1Br. The summed E-state index contributed by atoms with van der Waals surface area (Å²) in [5, 5.41) is 3.41. The van der Waals surface area contributed by atoms with Gasteiger partial charge >= 0.3 is 0 Å². The van der Waals surface area contributed by atoms with Crippen LogP contribution in [0.4, 0.5) is 0 Å². The second-order valence-electron chi connectivity index (χ2n) is 4.70. The van der Waals surface area contributed by atoms with Gasteiger partial charge in [-0.25, -0.2) is 0 Å². The molecule has 96 valence electrons. The van der Waals surface area contributed by atoms with Crippen molar-refractivity contribution < 1.29 is 9.47 Å². The fourth-order valence-corrected chi connectivity index (χ4v) is 3.40. The van der Waals surface area contributed by atoms with Crippen molar-refractivity contribution in [2.75, 3.05) is 13.2 Å². The minimum atomic E-state index is -0.422. The molecule has 2 rings (SSSR count). The van der Waals surface area contributed by atoms with Crippen molar-refractivity contribution in [1.29, 1.82) is 0 Å². The van der Waals surface area contributed by atoms with Crippen molar-refractivity contribution in [3.63, 3.8) is 0 Å². The molecule has 1 aromatic heterocycles. The Morgan fingerprint density at radius 1 is 1.59 bits per heavy atom. The Morgan fingerprint density at radius 2 is 2.35 bits per heavy atom. The van der Waals surface area contributed by atoms with E-state index in [0.29, 0.717) is 6.61 Å². The molecule has 3 nitrogen and oxygen atoms in total. The molecule has 17 heavy (non-hydrogen) atoms. The standard InChI is InChI=1S/C12H18BrNO2S/c1-8-11(13)4-10(17-8)6-14-5-9-7-15-12(2,3)16-9/h4,9,14H,5-7H2,1-3H3. The molecular formula is C12H18BrNO2S. The minimum absolute atomic E-state index is 0.162. The Morgan fingerprint density at radius 3 is 2.88 bits per heavy atom. The van der Waals surface area contributed by atoms with Crippen LogP contribution >= 0.6 is 27.3 Å². The zero-order valence-electron chi connectivity index (χ0n) is 10.4. The summed E-state index contributed by atoms with van der Waals surface area (Å²) in [6, 6.07) is 2.17. The molecule has 0 radical (unpaired) electrons. The van der Waals surface area contributed by atoms with Gasteiger partial charge in [0.15, 0.2) is 5.79 Å². The Balaban J connectivity index is 1.73. The van der Waals surface area contributed by atoms with Crippen molar-refractivity contribution in [1.82, 2.24) is 5.32 Å². The number of nitrogens with one attached hydrogen (secondary N) is 1. The topological polar surface area (TPSA) is 30.5 Å². The number of rotatable bonds is 4. The molecule has 0 amide bonds. The monoisotopic (exact) mass is 319 g/mol. The van der Waals surface area contributed by atoms with Gasteiger partial charge in [-0.2, -0.15) is 0 Å². The van der Waals surface area contributed by atoms with Gasteiger partial charge in [-0.05, 0) is 42.8 Å².